The van der Waals surface area contributed by atoms with Gasteiger partial charge in [-0.15, -0.1) is 0 Å². The predicted molar refractivity (Wildman–Crippen MR) is 151 cm³/mol. The third kappa shape index (κ3) is 4.54. The van der Waals surface area contributed by atoms with Crippen molar-refractivity contribution in [2.75, 3.05) is 11.4 Å². The Labute approximate surface area is 211 Å². The maximum atomic E-state index is 2.51. The molecule has 0 atom stereocenters. The molecule has 5 rings (SSSR count). The van der Waals surface area contributed by atoms with Crippen LogP contribution in [0.25, 0.3) is 27.1 Å². The molecule has 0 radical (unpaired) electrons. The molecule has 0 fully saturated rings. The summed E-state index contributed by atoms with van der Waals surface area (Å²) in [5.74, 6) is 0. The highest BCUT2D eigenvalue weighted by atomic mass is 32.2. The van der Waals surface area contributed by atoms with Gasteiger partial charge in [-0.2, -0.15) is 4.57 Å². The number of fused-ring (bicyclic) bond motifs is 4. The van der Waals surface area contributed by atoms with E-state index in [9.17, 15) is 0 Å². The molecule has 0 aliphatic carbocycles. The quantitative estimate of drug-likeness (QED) is 0.230. The second-order valence-corrected chi connectivity index (χ2v) is 11.1. The first-order valence-electron chi connectivity index (χ1n) is 12.5. The lowest BCUT2D eigenvalue weighted by Crippen LogP contribution is -2.34. The van der Waals surface area contributed by atoms with Gasteiger partial charge < -0.3 is 4.90 Å². The largest absolute Gasteiger partial charge is 0.335 e. The number of hydrogen-bond donors (Lipinski definition) is 0. The van der Waals surface area contributed by atoms with E-state index in [1.165, 1.54) is 72.9 Å². The molecule has 0 unspecified atom stereocenters. The van der Waals surface area contributed by atoms with Crippen LogP contribution in [0.2, 0.25) is 0 Å². The van der Waals surface area contributed by atoms with Crippen LogP contribution in [-0.4, -0.2) is 6.54 Å². The van der Waals surface area contributed by atoms with Gasteiger partial charge in [-0.05, 0) is 47.9 Å². The van der Waals surface area contributed by atoms with Gasteiger partial charge in [0.15, 0.2) is 6.54 Å². The van der Waals surface area contributed by atoms with Crippen molar-refractivity contribution in [3.05, 3.63) is 82.3 Å². The van der Waals surface area contributed by atoms with Gasteiger partial charge in [0.25, 0.3) is 5.01 Å². The Morgan fingerprint density at radius 2 is 1.82 bits per heavy atom. The van der Waals surface area contributed by atoms with Crippen LogP contribution < -0.4 is 9.47 Å². The number of anilines is 1. The summed E-state index contributed by atoms with van der Waals surface area (Å²) in [6.07, 6.45) is 11.7. The molecule has 1 aliphatic rings. The second-order valence-electron chi connectivity index (χ2n) is 9.02. The average molecular weight is 486 g/mol. The molecule has 0 amide bonds. The smallest absolute Gasteiger partial charge is 0.262 e. The molecule has 0 bridgehead atoms. The Hall–Kier alpha value is -2.56. The standard InChI is InChI=1S/C30H33N2S2/c1-4-6-19-31-25-17-15-22(3)21-27(25)33-28(31)13-10-14-29-32(20-7-5-2)26-18-16-23-11-8-9-12-24(23)30(26)34-29/h8-18,21H,4-7,19-20H2,1-3H3/q+1. The first kappa shape index (κ1) is 23.2. The number of hydrogen-bond acceptors (Lipinski definition) is 3. The Morgan fingerprint density at radius 1 is 0.971 bits per heavy atom. The maximum absolute atomic E-state index is 2.51. The summed E-state index contributed by atoms with van der Waals surface area (Å²) >= 11 is 3.82. The average Bonchev–Trinajstić information content (AvgIpc) is 3.38. The fourth-order valence-corrected chi connectivity index (χ4v) is 7.03. The van der Waals surface area contributed by atoms with Crippen molar-refractivity contribution in [2.45, 2.75) is 57.9 Å². The molecule has 0 saturated heterocycles. The van der Waals surface area contributed by atoms with Crippen molar-refractivity contribution in [3.8, 4) is 0 Å². The number of aryl methyl sites for hydroxylation is 2. The Kier molecular flexibility index (Phi) is 7.07. The predicted octanol–water partition coefficient (Wildman–Crippen LogP) is 8.72. The first-order valence-corrected chi connectivity index (χ1v) is 14.1. The number of rotatable bonds is 8. The summed E-state index contributed by atoms with van der Waals surface area (Å²) in [5, 5.41) is 5.33. The van der Waals surface area contributed by atoms with Crippen LogP contribution in [0.3, 0.4) is 0 Å². The third-order valence-corrected chi connectivity index (χ3v) is 8.77. The minimum atomic E-state index is 1.06. The molecular formula is C30H33N2S2+. The van der Waals surface area contributed by atoms with E-state index in [0.717, 1.165) is 13.1 Å². The molecule has 1 aromatic heterocycles. The van der Waals surface area contributed by atoms with E-state index in [2.05, 4.69) is 103 Å². The van der Waals surface area contributed by atoms with Gasteiger partial charge in [0.05, 0.1) is 10.7 Å². The van der Waals surface area contributed by atoms with Crippen molar-refractivity contribution in [3.63, 3.8) is 0 Å². The number of benzene rings is 3. The van der Waals surface area contributed by atoms with Crippen LogP contribution >= 0.6 is 23.1 Å². The van der Waals surface area contributed by atoms with E-state index in [4.69, 9.17) is 0 Å². The summed E-state index contributed by atoms with van der Waals surface area (Å²) in [7, 11) is 0. The van der Waals surface area contributed by atoms with Crippen LogP contribution in [-0.2, 0) is 6.54 Å². The molecule has 2 nitrogen and oxygen atoms in total. The highest BCUT2D eigenvalue weighted by molar-refractivity contribution is 8.04. The molecule has 174 valence electrons. The van der Waals surface area contributed by atoms with Crippen molar-refractivity contribution in [2.24, 2.45) is 0 Å². The molecule has 2 heterocycles. The van der Waals surface area contributed by atoms with E-state index in [-0.39, 0.29) is 0 Å². The Balaban J connectivity index is 1.49. The zero-order chi connectivity index (χ0) is 23.5. The van der Waals surface area contributed by atoms with Gasteiger partial charge in [-0.1, -0.05) is 92.3 Å². The van der Waals surface area contributed by atoms with Crippen LogP contribution in [0.4, 0.5) is 5.69 Å². The topological polar surface area (TPSA) is 7.12 Å². The van der Waals surface area contributed by atoms with Gasteiger partial charge >= 0.3 is 0 Å². The van der Waals surface area contributed by atoms with Gasteiger partial charge in [0.1, 0.15) is 4.70 Å². The zero-order valence-corrected chi connectivity index (χ0v) is 22.0. The monoisotopic (exact) mass is 485 g/mol. The summed E-state index contributed by atoms with van der Waals surface area (Å²) in [4.78, 5) is 3.91. The minimum Gasteiger partial charge on any atom is -0.335 e. The zero-order valence-electron chi connectivity index (χ0n) is 20.4. The minimum absolute atomic E-state index is 1.06. The van der Waals surface area contributed by atoms with E-state index in [1.54, 1.807) is 0 Å². The van der Waals surface area contributed by atoms with Crippen molar-refractivity contribution < 1.29 is 4.57 Å². The van der Waals surface area contributed by atoms with Crippen LogP contribution in [0.5, 0.6) is 0 Å². The van der Waals surface area contributed by atoms with Crippen molar-refractivity contribution in [1.82, 2.24) is 0 Å². The summed E-state index contributed by atoms with van der Waals surface area (Å²) < 4.78 is 3.87. The summed E-state index contributed by atoms with van der Waals surface area (Å²) in [6, 6.07) is 20.2. The Bertz CT molecular complexity index is 1380. The lowest BCUT2D eigenvalue weighted by atomic mass is 10.1. The molecular weight excluding hydrogens is 452 g/mol. The van der Waals surface area contributed by atoms with Gasteiger partial charge in [0, 0.05) is 30.0 Å². The number of thioether (sulfide) groups is 1. The van der Waals surface area contributed by atoms with Crippen LogP contribution in [0, 0.1) is 6.92 Å². The molecule has 3 aromatic carbocycles. The van der Waals surface area contributed by atoms with Crippen LogP contribution in [0.15, 0.2) is 76.7 Å². The summed E-state index contributed by atoms with van der Waals surface area (Å²) in [6.45, 7) is 8.85. The normalized spacial score (nSPS) is 14.8. The SMILES string of the molecule is CCCCN1C(=CC=Cc2sc3cc(C)ccc3[n+]2CCCC)Sc2c1ccc1ccccc21. The molecule has 0 N–H and O–H groups in total. The lowest BCUT2D eigenvalue weighted by molar-refractivity contribution is -0.669. The number of thiazole rings is 1. The molecule has 0 spiro atoms. The Morgan fingerprint density at radius 3 is 2.68 bits per heavy atom. The van der Waals surface area contributed by atoms with Gasteiger partial charge in [-0.3, -0.25) is 0 Å². The molecule has 4 aromatic rings. The third-order valence-electron chi connectivity index (χ3n) is 6.46. The summed E-state index contributed by atoms with van der Waals surface area (Å²) in [5.41, 5.74) is 4.04. The fourth-order valence-electron chi connectivity index (χ4n) is 4.60. The number of allylic oxidation sites excluding steroid dienone is 2. The fraction of sp³-hybridized carbons (Fsp3) is 0.300. The first-order chi connectivity index (χ1) is 16.7. The van der Waals surface area contributed by atoms with Crippen LogP contribution in [0.1, 0.15) is 50.1 Å². The lowest BCUT2D eigenvalue weighted by Gasteiger charge is -2.20. The van der Waals surface area contributed by atoms with Crippen molar-refractivity contribution in [1.29, 1.82) is 0 Å². The van der Waals surface area contributed by atoms with Crippen molar-refractivity contribution >= 4 is 55.9 Å². The van der Waals surface area contributed by atoms with E-state index in [1.807, 2.05) is 23.1 Å². The van der Waals surface area contributed by atoms with Gasteiger partial charge in [-0.25, -0.2) is 0 Å². The van der Waals surface area contributed by atoms with E-state index in [0.29, 0.717) is 0 Å². The number of nitrogens with zero attached hydrogens (tertiary/aromatic N) is 2. The highest BCUT2D eigenvalue weighted by Gasteiger charge is 2.26. The molecule has 1 aliphatic heterocycles. The number of unbranched alkanes of at least 4 members (excludes halogenated alkanes) is 2. The number of aromatic nitrogens is 1. The van der Waals surface area contributed by atoms with Gasteiger partial charge in [0.2, 0.25) is 5.52 Å². The molecule has 4 heteroatoms. The van der Waals surface area contributed by atoms with E-state index >= 15 is 0 Å². The highest BCUT2D eigenvalue weighted by Crippen LogP contribution is 2.49. The van der Waals surface area contributed by atoms with E-state index < -0.39 is 0 Å². The maximum Gasteiger partial charge on any atom is 0.262 e. The molecule has 0 saturated carbocycles. The second kappa shape index (κ2) is 10.4. The molecule has 34 heavy (non-hydrogen) atoms.